The Balaban J connectivity index is 2.19. The molecular formula is C14H22ClN3. The number of nitrogens with one attached hydrogen (secondary N) is 1. The third-order valence-corrected chi connectivity index (χ3v) is 4.21. The third-order valence-electron chi connectivity index (χ3n) is 3.84. The Morgan fingerprint density at radius 2 is 1.89 bits per heavy atom. The maximum Gasteiger partial charge on any atom is 0.137 e. The second-order valence-electron chi connectivity index (χ2n) is 5.62. The Kier molecular flexibility index (Phi) is 4.10. The predicted molar refractivity (Wildman–Crippen MR) is 76.3 cm³/mol. The molecule has 0 radical (unpaired) electrons. The van der Waals surface area contributed by atoms with Gasteiger partial charge in [-0.15, -0.1) is 0 Å². The van der Waals surface area contributed by atoms with Crippen LogP contribution in [0.15, 0.2) is 0 Å². The number of anilines is 1. The normalized spacial score (nSPS) is 17.7. The zero-order chi connectivity index (χ0) is 13.3. The van der Waals surface area contributed by atoms with Crippen LogP contribution >= 0.6 is 11.6 Å². The van der Waals surface area contributed by atoms with Crippen molar-refractivity contribution in [1.29, 1.82) is 0 Å². The summed E-state index contributed by atoms with van der Waals surface area (Å²) in [5.41, 5.74) is 0.951. The minimum Gasteiger partial charge on any atom is -0.367 e. The molecule has 1 aromatic rings. The fraction of sp³-hybridized carbons (Fsp3) is 0.714. The van der Waals surface area contributed by atoms with Gasteiger partial charge in [0.25, 0.3) is 0 Å². The van der Waals surface area contributed by atoms with Gasteiger partial charge < -0.3 is 5.32 Å². The van der Waals surface area contributed by atoms with Gasteiger partial charge in [0, 0.05) is 17.5 Å². The fourth-order valence-electron chi connectivity index (χ4n) is 2.18. The Bertz CT molecular complexity index is 427. The van der Waals surface area contributed by atoms with Crippen LogP contribution in [0.2, 0.25) is 5.15 Å². The van der Waals surface area contributed by atoms with Crippen molar-refractivity contribution in [3.05, 3.63) is 16.5 Å². The van der Waals surface area contributed by atoms with Gasteiger partial charge in [-0.2, -0.15) is 0 Å². The van der Waals surface area contributed by atoms with Gasteiger partial charge in [-0.05, 0) is 32.6 Å². The quantitative estimate of drug-likeness (QED) is 0.833. The maximum atomic E-state index is 6.18. The molecule has 1 atom stereocenters. The van der Waals surface area contributed by atoms with E-state index in [1.54, 1.807) is 0 Å². The zero-order valence-electron chi connectivity index (χ0n) is 11.6. The molecular weight excluding hydrogens is 246 g/mol. The number of halogens is 1. The molecule has 1 unspecified atom stereocenters. The predicted octanol–water partition coefficient (Wildman–Crippen LogP) is 4.16. The van der Waals surface area contributed by atoms with Gasteiger partial charge in [0.15, 0.2) is 0 Å². The molecule has 1 heterocycles. The van der Waals surface area contributed by atoms with E-state index in [9.17, 15) is 0 Å². The van der Waals surface area contributed by atoms with Gasteiger partial charge in [-0.3, -0.25) is 0 Å². The van der Waals surface area contributed by atoms with Crippen LogP contribution in [0, 0.1) is 12.8 Å². The van der Waals surface area contributed by atoms with E-state index in [1.165, 1.54) is 19.3 Å². The van der Waals surface area contributed by atoms with Crippen LogP contribution in [0.1, 0.15) is 57.3 Å². The van der Waals surface area contributed by atoms with E-state index in [0.29, 0.717) is 17.1 Å². The van der Waals surface area contributed by atoms with E-state index < -0.39 is 0 Å². The lowest BCUT2D eigenvalue weighted by atomic mass is 9.80. The minimum absolute atomic E-state index is 0.294. The minimum atomic E-state index is 0.294. The van der Waals surface area contributed by atoms with E-state index >= 15 is 0 Å². The van der Waals surface area contributed by atoms with E-state index in [1.807, 2.05) is 6.92 Å². The molecule has 1 N–H and O–H groups in total. The first-order chi connectivity index (χ1) is 8.49. The van der Waals surface area contributed by atoms with E-state index in [4.69, 9.17) is 11.6 Å². The highest BCUT2D eigenvalue weighted by atomic mass is 35.5. The summed E-state index contributed by atoms with van der Waals surface area (Å²) in [5, 5.41) is 4.08. The molecule has 0 amide bonds. The van der Waals surface area contributed by atoms with Crippen molar-refractivity contribution in [1.82, 2.24) is 9.97 Å². The largest absolute Gasteiger partial charge is 0.367 e. The van der Waals surface area contributed by atoms with E-state index in [-0.39, 0.29) is 0 Å². The molecule has 1 aliphatic carbocycles. The van der Waals surface area contributed by atoms with Crippen molar-refractivity contribution in [2.45, 2.75) is 58.9 Å². The van der Waals surface area contributed by atoms with Gasteiger partial charge in [-0.1, -0.05) is 31.9 Å². The molecule has 100 valence electrons. The first-order valence-corrected chi connectivity index (χ1v) is 7.17. The summed E-state index contributed by atoms with van der Waals surface area (Å²) >= 11 is 6.18. The highest BCUT2D eigenvalue weighted by Crippen LogP contribution is 2.32. The molecule has 1 aliphatic rings. The van der Waals surface area contributed by atoms with Gasteiger partial charge >= 0.3 is 0 Å². The summed E-state index contributed by atoms with van der Waals surface area (Å²) in [5.74, 6) is 2.79. The zero-order valence-corrected chi connectivity index (χ0v) is 12.4. The molecule has 0 spiro atoms. The topological polar surface area (TPSA) is 37.8 Å². The molecule has 0 bridgehead atoms. The highest BCUT2D eigenvalue weighted by molar-refractivity contribution is 6.30. The van der Waals surface area contributed by atoms with E-state index in [0.717, 1.165) is 23.1 Å². The summed E-state index contributed by atoms with van der Waals surface area (Å²) in [6.07, 6.45) is 4.00. The second-order valence-corrected chi connectivity index (χ2v) is 5.98. The number of hydrogen-bond donors (Lipinski definition) is 1. The van der Waals surface area contributed by atoms with Gasteiger partial charge in [0.2, 0.25) is 0 Å². The lowest BCUT2D eigenvalue weighted by molar-refractivity contribution is 0.284. The Morgan fingerprint density at radius 3 is 2.39 bits per heavy atom. The molecule has 2 rings (SSSR count). The third kappa shape index (κ3) is 2.77. The first kappa shape index (κ1) is 13.6. The van der Waals surface area contributed by atoms with Crippen molar-refractivity contribution in [3.8, 4) is 0 Å². The highest BCUT2D eigenvalue weighted by Gasteiger charge is 2.25. The molecule has 3 nitrogen and oxygen atoms in total. The first-order valence-electron chi connectivity index (χ1n) is 6.79. The van der Waals surface area contributed by atoms with Crippen molar-refractivity contribution in [2.75, 3.05) is 5.32 Å². The molecule has 0 aliphatic heterocycles. The summed E-state index contributed by atoms with van der Waals surface area (Å²) < 4.78 is 0. The van der Waals surface area contributed by atoms with Crippen molar-refractivity contribution in [2.24, 2.45) is 5.92 Å². The average Bonchev–Trinajstić information content (AvgIpc) is 2.21. The van der Waals surface area contributed by atoms with Crippen molar-refractivity contribution in [3.63, 3.8) is 0 Å². The van der Waals surface area contributed by atoms with E-state index in [2.05, 4.69) is 36.1 Å². The van der Waals surface area contributed by atoms with Crippen molar-refractivity contribution >= 4 is 17.4 Å². The van der Waals surface area contributed by atoms with Gasteiger partial charge in [-0.25, -0.2) is 9.97 Å². The Labute approximate surface area is 114 Å². The molecule has 0 aromatic carbocycles. The van der Waals surface area contributed by atoms with Gasteiger partial charge in [0.05, 0.1) is 0 Å². The summed E-state index contributed by atoms with van der Waals surface area (Å²) in [4.78, 5) is 8.94. The van der Waals surface area contributed by atoms with Crippen LogP contribution < -0.4 is 5.32 Å². The second kappa shape index (κ2) is 5.43. The standard InChI is InChI=1S/C14H22ClN3/c1-8(2)13-17-12(15)9(3)14(18-13)16-10(4)11-6-5-7-11/h8,10-11H,5-7H2,1-4H3,(H,16,17,18). The van der Waals surface area contributed by atoms with Crippen LogP contribution in [0.25, 0.3) is 0 Å². The van der Waals surface area contributed by atoms with Gasteiger partial charge in [0.1, 0.15) is 16.8 Å². The molecule has 18 heavy (non-hydrogen) atoms. The molecule has 1 aromatic heterocycles. The Morgan fingerprint density at radius 1 is 1.22 bits per heavy atom. The Hall–Kier alpha value is -0.830. The monoisotopic (exact) mass is 267 g/mol. The smallest absolute Gasteiger partial charge is 0.137 e. The van der Waals surface area contributed by atoms with Crippen molar-refractivity contribution < 1.29 is 0 Å². The lowest BCUT2D eigenvalue weighted by Gasteiger charge is -2.32. The molecule has 1 fully saturated rings. The maximum absolute atomic E-state index is 6.18. The van der Waals surface area contributed by atoms with Crippen LogP contribution in [0.3, 0.4) is 0 Å². The average molecular weight is 268 g/mol. The molecule has 1 saturated carbocycles. The van der Waals surface area contributed by atoms with Crippen LogP contribution in [0.4, 0.5) is 5.82 Å². The van der Waals surface area contributed by atoms with Crippen LogP contribution in [-0.2, 0) is 0 Å². The number of aromatic nitrogens is 2. The lowest BCUT2D eigenvalue weighted by Crippen LogP contribution is -2.31. The molecule has 0 saturated heterocycles. The van der Waals surface area contributed by atoms with Crippen LogP contribution in [-0.4, -0.2) is 16.0 Å². The number of rotatable bonds is 4. The number of hydrogen-bond acceptors (Lipinski definition) is 3. The fourth-order valence-corrected chi connectivity index (χ4v) is 2.35. The SMILES string of the molecule is Cc1c(Cl)nc(C(C)C)nc1NC(C)C1CCC1. The summed E-state index contributed by atoms with van der Waals surface area (Å²) in [7, 11) is 0. The summed E-state index contributed by atoms with van der Waals surface area (Å²) in [6.45, 7) is 8.37. The summed E-state index contributed by atoms with van der Waals surface area (Å²) in [6, 6.07) is 0.462. The molecule has 4 heteroatoms. The van der Waals surface area contributed by atoms with Crippen LogP contribution in [0.5, 0.6) is 0 Å². The number of nitrogens with zero attached hydrogens (tertiary/aromatic N) is 2.